The fourth-order valence-corrected chi connectivity index (χ4v) is 1.84. The Labute approximate surface area is 97.2 Å². The third-order valence-electron chi connectivity index (χ3n) is 3.05. The first-order chi connectivity index (χ1) is 7.79. The molecule has 1 fully saturated rings. The molecule has 0 amide bonds. The standard InChI is InChI=1S/C13H20N2O/c1-3-16-13-6-4-5-12(15-13)14-9-10(2)11-7-8-11/h4-6,10-11H,3,7-9H2,1-2H3,(H,14,15). The second-order valence-corrected chi connectivity index (χ2v) is 4.49. The van der Waals surface area contributed by atoms with Gasteiger partial charge in [-0.1, -0.05) is 13.0 Å². The van der Waals surface area contributed by atoms with Crippen LogP contribution in [0.3, 0.4) is 0 Å². The van der Waals surface area contributed by atoms with Crippen molar-refractivity contribution in [2.24, 2.45) is 11.8 Å². The molecule has 1 N–H and O–H groups in total. The third kappa shape index (κ3) is 3.12. The molecule has 1 aromatic heterocycles. The van der Waals surface area contributed by atoms with Crippen LogP contribution in [-0.2, 0) is 0 Å². The molecule has 3 nitrogen and oxygen atoms in total. The molecule has 16 heavy (non-hydrogen) atoms. The number of hydrogen-bond acceptors (Lipinski definition) is 3. The summed E-state index contributed by atoms with van der Waals surface area (Å²) in [6.07, 6.45) is 2.80. The molecule has 88 valence electrons. The summed E-state index contributed by atoms with van der Waals surface area (Å²) in [5.74, 6) is 3.30. The van der Waals surface area contributed by atoms with Gasteiger partial charge in [-0.05, 0) is 37.7 Å². The number of pyridine rings is 1. The molecule has 1 saturated carbocycles. The minimum absolute atomic E-state index is 0.662. The van der Waals surface area contributed by atoms with Gasteiger partial charge in [-0.3, -0.25) is 0 Å². The lowest BCUT2D eigenvalue weighted by atomic mass is 10.1. The number of aromatic nitrogens is 1. The van der Waals surface area contributed by atoms with Crippen LogP contribution < -0.4 is 10.1 Å². The monoisotopic (exact) mass is 220 g/mol. The van der Waals surface area contributed by atoms with E-state index in [4.69, 9.17) is 4.74 Å². The van der Waals surface area contributed by atoms with Crippen LogP contribution in [0.2, 0.25) is 0 Å². The quantitative estimate of drug-likeness (QED) is 0.800. The Bertz CT molecular complexity index is 336. The van der Waals surface area contributed by atoms with Gasteiger partial charge in [0.25, 0.3) is 0 Å². The predicted octanol–water partition coefficient (Wildman–Crippen LogP) is 2.94. The normalized spacial score (nSPS) is 16.9. The minimum atomic E-state index is 0.662. The Kier molecular flexibility index (Phi) is 3.65. The number of hydrogen-bond donors (Lipinski definition) is 1. The summed E-state index contributed by atoms with van der Waals surface area (Å²) < 4.78 is 5.36. The molecule has 1 aliphatic carbocycles. The van der Waals surface area contributed by atoms with Crippen molar-refractivity contribution in [3.63, 3.8) is 0 Å². The smallest absolute Gasteiger partial charge is 0.215 e. The highest BCUT2D eigenvalue weighted by Crippen LogP contribution is 2.36. The van der Waals surface area contributed by atoms with E-state index in [9.17, 15) is 0 Å². The van der Waals surface area contributed by atoms with Gasteiger partial charge >= 0.3 is 0 Å². The topological polar surface area (TPSA) is 34.1 Å². The van der Waals surface area contributed by atoms with Gasteiger partial charge in [-0.15, -0.1) is 0 Å². The molecule has 0 bridgehead atoms. The zero-order valence-corrected chi connectivity index (χ0v) is 10.1. The van der Waals surface area contributed by atoms with E-state index in [-0.39, 0.29) is 0 Å². The van der Waals surface area contributed by atoms with E-state index in [0.717, 1.165) is 24.2 Å². The predicted molar refractivity (Wildman–Crippen MR) is 65.8 cm³/mol. The van der Waals surface area contributed by atoms with E-state index >= 15 is 0 Å². The second kappa shape index (κ2) is 5.19. The highest BCUT2D eigenvalue weighted by Gasteiger charge is 2.27. The zero-order valence-electron chi connectivity index (χ0n) is 10.1. The van der Waals surface area contributed by atoms with Crippen LogP contribution in [0, 0.1) is 11.8 Å². The Balaban J connectivity index is 1.85. The summed E-state index contributed by atoms with van der Waals surface area (Å²) >= 11 is 0. The lowest BCUT2D eigenvalue weighted by molar-refractivity contribution is 0.327. The van der Waals surface area contributed by atoms with Crippen LogP contribution in [-0.4, -0.2) is 18.1 Å². The van der Waals surface area contributed by atoms with Gasteiger partial charge in [0.15, 0.2) is 0 Å². The molecule has 0 radical (unpaired) electrons. The van der Waals surface area contributed by atoms with Gasteiger partial charge in [0.05, 0.1) is 6.61 Å². The average Bonchev–Trinajstić information content (AvgIpc) is 3.11. The molecule has 0 aliphatic heterocycles. The van der Waals surface area contributed by atoms with E-state index in [1.807, 2.05) is 25.1 Å². The molecule has 1 aromatic rings. The fraction of sp³-hybridized carbons (Fsp3) is 0.615. The minimum Gasteiger partial charge on any atom is -0.478 e. The van der Waals surface area contributed by atoms with Crippen molar-refractivity contribution in [3.05, 3.63) is 18.2 Å². The molecular weight excluding hydrogens is 200 g/mol. The molecule has 1 atom stereocenters. The van der Waals surface area contributed by atoms with Gasteiger partial charge in [-0.2, -0.15) is 4.98 Å². The Morgan fingerprint density at radius 1 is 1.50 bits per heavy atom. The summed E-state index contributed by atoms with van der Waals surface area (Å²) in [6.45, 7) is 5.94. The first-order valence-electron chi connectivity index (χ1n) is 6.13. The van der Waals surface area contributed by atoms with Crippen molar-refractivity contribution in [2.75, 3.05) is 18.5 Å². The fourth-order valence-electron chi connectivity index (χ4n) is 1.84. The molecule has 1 unspecified atom stereocenters. The molecule has 0 saturated heterocycles. The van der Waals surface area contributed by atoms with Crippen molar-refractivity contribution < 1.29 is 4.74 Å². The zero-order chi connectivity index (χ0) is 11.4. The maximum atomic E-state index is 5.36. The number of anilines is 1. The van der Waals surface area contributed by atoms with Gasteiger partial charge in [-0.25, -0.2) is 0 Å². The third-order valence-corrected chi connectivity index (χ3v) is 3.05. The van der Waals surface area contributed by atoms with Crippen LogP contribution in [0.15, 0.2) is 18.2 Å². The lowest BCUT2D eigenvalue weighted by Crippen LogP contribution is -2.13. The Hall–Kier alpha value is -1.25. The van der Waals surface area contributed by atoms with Crippen LogP contribution in [0.4, 0.5) is 5.82 Å². The SMILES string of the molecule is CCOc1cccc(NCC(C)C2CC2)n1. The molecule has 1 heterocycles. The Morgan fingerprint density at radius 3 is 3.00 bits per heavy atom. The van der Waals surface area contributed by atoms with Crippen LogP contribution in [0.5, 0.6) is 5.88 Å². The largest absolute Gasteiger partial charge is 0.478 e. The van der Waals surface area contributed by atoms with Crippen LogP contribution in [0.1, 0.15) is 26.7 Å². The maximum absolute atomic E-state index is 5.36. The molecule has 2 rings (SSSR count). The highest BCUT2D eigenvalue weighted by molar-refractivity contribution is 5.37. The maximum Gasteiger partial charge on any atom is 0.215 e. The van der Waals surface area contributed by atoms with Gasteiger partial charge in [0.1, 0.15) is 5.82 Å². The second-order valence-electron chi connectivity index (χ2n) is 4.49. The Morgan fingerprint density at radius 2 is 2.31 bits per heavy atom. The average molecular weight is 220 g/mol. The lowest BCUT2D eigenvalue weighted by Gasteiger charge is -2.12. The molecule has 0 aromatic carbocycles. The van der Waals surface area contributed by atoms with E-state index in [1.165, 1.54) is 12.8 Å². The first-order valence-corrected chi connectivity index (χ1v) is 6.13. The van der Waals surface area contributed by atoms with E-state index in [2.05, 4.69) is 17.2 Å². The van der Waals surface area contributed by atoms with Crippen molar-refractivity contribution in [1.82, 2.24) is 4.98 Å². The molecule has 0 spiro atoms. The van der Waals surface area contributed by atoms with Crippen molar-refractivity contribution in [2.45, 2.75) is 26.7 Å². The first kappa shape index (κ1) is 11.2. The summed E-state index contributed by atoms with van der Waals surface area (Å²) in [4.78, 5) is 4.38. The highest BCUT2D eigenvalue weighted by atomic mass is 16.5. The van der Waals surface area contributed by atoms with Crippen LogP contribution in [0.25, 0.3) is 0 Å². The molecule has 1 aliphatic rings. The summed E-state index contributed by atoms with van der Waals surface area (Å²) in [5, 5.41) is 3.37. The van der Waals surface area contributed by atoms with Crippen LogP contribution >= 0.6 is 0 Å². The number of nitrogens with zero attached hydrogens (tertiary/aromatic N) is 1. The summed E-state index contributed by atoms with van der Waals surface area (Å²) in [6, 6.07) is 5.85. The van der Waals surface area contributed by atoms with Gasteiger partial charge in [0, 0.05) is 12.6 Å². The number of nitrogens with one attached hydrogen (secondary N) is 1. The van der Waals surface area contributed by atoms with E-state index in [0.29, 0.717) is 12.5 Å². The summed E-state index contributed by atoms with van der Waals surface area (Å²) in [5.41, 5.74) is 0. The van der Waals surface area contributed by atoms with E-state index < -0.39 is 0 Å². The summed E-state index contributed by atoms with van der Waals surface area (Å²) in [7, 11) is 0. The van der Waals surface area contributed by atoms with Crippen molar-refractivity contribution >= 4 is 5.82 Å². The van der Waals surface area contributed by atoms with Gasteiger partial charge in [0.2, 0.25) is 5.88 Å². The van der Waals surface area contributed by atoms with E-state index in [1.54, 1.807) is 0 Å². The molecular formula is C13H20N2O. The van der Waals surface area contributed by atoms with Gasteiger partial charge < -0.3 is 10.1 Å². The number of rotatable bonds is 6. The molecule has 3 heteroatoms. The van der Waals surface area contributed by atoms with Crippen molar-refractivity contribution in [3.8, 4) is 5.88 Å². The number of ether oxygens (including phenoxy) is 1. The van der Waals surface area contributed by atoms with Crippen molar-refractivity contribution in [1.29, 1.82) is 0 Å².